The maximum absolute atomic E-state index is 12.0. The Bertz CT molecular complexity index is 328. The van der Waals surface area contributed by atoms with E-state index in [2.05, 4.69) is 6.92 Å². The summed E-state index contributed by atoms with van der Waals surface area (Å²) in [6.07, 6.45) is 5.80. The van der Waals surface area contributed by atoms with Crippen LogP contribution in [0.15, 0.2) is 11.6 Å². The average Bonchev–Trinajstić information content (AvgIpc) is 2.51. The number of nitrogens with two attached hydrogens (primary N) is 2. The number of amides is 1. The van der Waals surface area contributed by atoms with E-state index < -0.39 is 0 Å². The predicted octanol–water partition coefficient (Wildman–Crippen LogP) is 2.67. The highest BCUT2D eigenvalue weighted by Crippen LogP contribution is 2.36. The van der Waals surface area contributed by atoms with Crippen molar-refractivity contribution in [2.45, 2.75) is 72.4 Å². The van der Waals surface area contributed by atoms with E-state index in [4.69, 9.17) is 11.5 Å². The minimum absolute atomic E-state index is 0.145. The molecule has 3 atom stereocenters. The van der Waals surface area contributed by atoms with E-state index >= 15 is 0 Å². The molecule has 1 aliphatic heterocycles. The second-order valence-electron chi connectivity index (χ2n) is 5.31. The number of rotatable bonds is 3. The SMILES string of the molecule is CC.CC.CC1=CC(=O)N(CCCN)C2CC(N)CCC12. The topological polar surface area (TPSA) is 72.3 Å². The van der Waals surface area contributed by atoms with Gasteiger partial charge >= 0.3 is 0 Å². The van der Waals surface area contributed by atoms with Gasteiger partial charge in [-0.05, 0) is 39.2 Å². The molecular weight excluding hydrogens is 262 g/mol. The summed E-state index contributed by atoms with van der Waals surface area (Å²) in [5, 5.41) is 0. The van der Waals surface area contributed by atoms with Gasteiger partial charge in [0.05, 0.1) is 0 Å². The number of fused-ring (bicyclic) bond motifs is 1. The molecule has 1 aliphatic carbocycles. The summed E-state index contributed by atoms with van der Waals surface area (Å²) >= 11 is 0. The van der Waals surface area contributed by atoms with Crippen LogP contribution in [0.2, 0.25) is 0 Å². The van der Waals surface area contributed by atoms with Crippen LogP contribution in [0.3, 0.4) is 0 Å². The van der Waals surface area contributed by atoms with Crippen LogP contribution in [0.4, 0.5) is 0 Å². The van der Waals surface area contributed by atoms with Crippen LogP contribution in [0.1, 0.15) is 60.3 Å². The summed E-state index contributed by atoms with van der Waals surface area (Å²) in [5.74, 6) is 0.663. The van der Waals surface area contributed by atoms with Crippen molar-refractivity contribution >= 4 is 5.91 Å². The summed E-state index contributed by atoms with van der Waals surface area (Å²) < 4.78 is 0. The van der Waals surface area contributed by atoms with Gasteiger partial charge in [-0.1, -0.05) is 33.3 Å². The Balaban J connectivity index is 0.000000921. The Kier molecular flexibility index (Phi) is 10.4. The van der Waals surface area contributed by atoms with E-state index in [1.54, 1.807) is 6.08 Å². The van der Waals surface area contributed by atoms with Crippen LogP contribution in [0.5, 0.6) is 0 Å². The van der Waals surface area contributed by atoms with Gasteiger partial charge in [0, 0.05) is 30.6 Å². The first kappa shape index (κ1) is 20.1. The van der Waals surface area contributed by atoms with E-state index in [0.717, 1.165) is 32.2 Å². The summed E-state index contributed by atoms with van der Waals surface area (Å²) in [7, 11) is 0. The Morgan fingerprint density at radius 2 is 1.86 bits per heavy atom. The molecule has 1 saturated carbocycles. The van der Waals surface area contributed by atoms with Crippen LogP contribution in [-0.4, -0.2) is 36.0 Å². The monoisotopic (exact) mass is 297 g/mol. The van der Waals surface area contributed by atoms with Gasteiger partial charge in [0.2, 0.25) is 5.91 Å². The van der Waals surface area contributed by atoms with Crippen molar-refractivity contribution in [1.29, 1.82) is 0 Å². The number of nitrogens with zero attached hydrogens (tertiary/aromatic N) is 1. The van der Waals surface area contributed by atoms with E-state index in [1.807, 2.05) is 32.6 Å². The van der Waals surface area contributed by atoms with Crippen molar-refractivity contribution in [3.05, 3.63) is 11.6 Å². The number of carbonyl (C=O) groups excluding carboxylic acids is 1. The second-order valence-corrected chi connectivity index (χ2v) is 5.31. The smallest absolute Gasteiger partial charge is 0.246 e. The minimum atomic E-state index is 0.145. The molecule has 4 heteroatoms. The molecule has 21 heavy (non-hydrogen) atoms. The zero-order valence-corrected chi connectivity index (χ0v) is 14.6. The fraction of sp³-hybridized carbons (Fsp3) is 0.824. The summed E-state index contributed by atoms with van der Waals surface area (Å²) in [5.41, 5.74) is 12.8. The number of hydrogen-bond acceptors (Lipinski definition) is 3. The first-order chi connectivity index (χ1) is 10.1. The zero-order chi connectivity index (χ0) is 16.4. The highest BCUT2D eigenvalue weighted by Gasteiger charge is 2.38. The Morgan fingerprint density at radius 1 is 1.24 bits per heavy atom. The predicted molar refractivity (Wildman–Crippen MR) is 90.9 cm³/mol. The normalized spacial score (nSPS) is 27.6. The van der Waals surface area contributed by atoms with Crippen molar-refractivity contribution in [3.8, 4) is 0 Å². The van der Waals surface area contributed by atoms with Gasteiger partial charge in [-0.2, -0.15) is 0 Å². The molecule has 0 aromatic carbocycles. The molecular formula is C17H35N3O. The van der Waals surface area contributed by atoms with E-state index in [-0.39, 0.29) is 11.9 Å². The van der Waals surface area contributed by atoms with Crippen molar-refractivity contribution in [2.75, 3.05) is 13.1 Å². The maximum atomic E-state index is 12.0. The second kappa shape index (κ2) is 10.8. The molecule has 0 aromatic rings. The van der Waals surface area contributed by atoms with Gasteiger partial charge in [0.25, 0.3) is 0 Å². The first-order valence-electron chi connectivity index (χ1n) is 8.58. The van der Waals surface area contributed by atoms with E-state index in [1.165, 1.54) is 5.57 Å². The highest BCUT2D eigenvalue weighted by molar-refractivity contribution is 5.89. The quantitative estimate of drug-likeness (QED) is 0.841. The van der Waals surface area contributed by atoms with Crippen LogP contribution in [0, 0.1) is 5.92 Å². The van der Waals surface area contributed by atoms with E-state index in [9.17, 15) is 4.79 Å². The molecule has 124 valence electrons. The van der Waals surface area contributed by atoms with Crippen LogP contribution < -0.4 is 11.5 Å². The van der Waals surface area contributed by atoms with Crippen LogP contribution in [0.25, 0.3) is 0 Å². The lowest BCUT2D eigenvalue weighted by atomic mass is 9.75. The fourth-order valence-electron chi connectivity index (χ4n) is 3.14. The molecule has 4 nitrogen and oxygen atoms in total. The summed E-state index contributed by atoms with van der Waals surface area (Å²) in [6, 6.07) is 0.554. The van der Waals surface area contributed by atoms with Crippen molar-refractivity contribution in [3.63, 3.8) is 0 Å². The molecule has 0 saturated heterocycles. The third-order valence-corrected chi connectivity index (χ3v) is 4.08. The highest BCUT2D eigenvalue weighted by atomic mass is 16.2. The fourth-order valence-corrected chi connectivity index (χ4v) is 3.14. The van der Waals surface area contributed by atoms with Gasteiger partial charge in [0.1, 0.15) is 0 Å². The summed E-state index contributed by atoms with van der Waals surface area (Å²) in [6.45, 7) is 11.5. The Morgan fingerprint density at radius 3 is 2.43 bits per heavy atom. The first-order valence-corrected chi connectivity index (χ1v) is 8.58. The molecule has 0 aromatic heterocycles. The molecule has 2 aliphatic rings. The third kappa shape index (κ3) is 5.44. The van der Waals surface area contributed by atoms with Crippen LogP contribution >= 0.6 is 0 Å². The molecule has 2 rings (SSSR count). The lowest BCUT2D eigenvalue weighted by Gasteiger charge is -2.45. The lowest BCUT2D eigenvalue weighted by Crippen LogP contribution is -2.53. The molecule has 0 spiro atoms. The van der Waals surface area contributed by atoms with Crippen LogP contribution in [-0.2, 0) is 4.79 Å². The zero-order valence-electron chi connectivity index (χ0n) is 14.6. The van der Waals surface area contributed by atoms with Gasteiger partial charge in [-0.3, -0.25) is 4.79 Å². The Labute approximate surface area is 130 Å². The molecule has 1 heterocycles. The van der Waals surface area contributed by atoms with Gasteiger partial charge in [0.15, 0.2) is 0 Å². The Hall–Kier alpha value is -0.870. The number of carbonyl (C=O) groups is 1. The van der Waals surface area contributed by atoms with Gasteiger partial charge in [-0.15, -0.1) is 0 Å². The van der Waals surface area contributed by atoms with Gasteiger partial charge in [-0.25, -0.2) is 0 Å². The molecule has 0 bridgehead atoms. The largest absolute Gasteiger partial charge is 0.335 e. The average molecular weight is 297 g/mol. The minimum Gasteiger partial charge on any atom is -0.335 e. The molecule has 1 amide bonds. The maximum Gasteiger partial charge on any atom is 0.246 e. The number of hydrogen-bond donors (Lipinski definition) is 2. The molecule has 3 unspecified atom stereocenters. The lowest BCUT2D eigenvalue weighted by molar-refractivity contribution is -0.131. The van der Waals surface area contributed by atoms with Gasteiger partial charge < -0.3 is 16.4 Å². The standard InChI is InChI=1S/C13H23N3O.2C2H6/c1-9-7-13(17)16(6-2-5-14)12-8-10(15)3-4-11(9)12;2*1-2/h7,10-12H,2-6,8,14-15H2,1H3;2*1-2H3. The molecule has 0 radical (unpaired) electrons. The molecule has 4 N–H and O–H groups in total. The molecule has 1 fully saturated rings. The summed E-state index contributed by atoms with van der Waals surface area (Å²) in [4.78, 5) is 14.0. The third-order valence-electron chi connectivity index (χ3n) is 4.08. The van der Waals surface area contributed by atoms with Crippen molar-refractivity contribution < 1.29 is 4.79 Å². The van der Waals surface area contributed by atoms with Crippen molar-refractivity contribution in [1.82, 2.24) is 4.90 Å². The van der Waals surface area contributed by atoms with Crippen molar-refractivity contribution in [2.24, 2.45) is 17.4 Å². The van der Waals surface area contributed by atoms with E-state index in [0.29, 0.717) is 18.5 Å².